The third kappa shape index (κ3) is 2.97. The molecule has 88 valence electrons. The largest absolute Gasteiger partial charge is 0.488 e. The van der Waals surface area contributed by atoms with Gasteiger partial charge in [0.2, 0.25) is 0 Å². The van der Waals surface area contributed by atoms with Gasteiger partial charge < -0.3 is 14.9 Å². The standard InChI is InChI=1S/C12H16O4/c1-7-4-5-10(12(14)15)6-11(7)16-9(3)8(2)13/h4-6,8-9,13H,1-3H3,(H,14,15). The van der Waals surface area contributed by atoms with Gasteiger partial charge in [-0.25, -0.2) is 4.79 Å². The highest BCUT2D eigenvalue weighted by atomic mass is 16.5. The summed E-state index contributed by atoms with van der Waals surface area (Å²) in [6.45, 7) is 5.19. The molecule has 0 aromatic heterocycles. The van der Waals surface area contributed by atoms with Crippen LogP contribution in [-0.2, 0) is 0 Å². The molecular weight excluding hydrogens is 208 g/mol. The molecule has 0 amide bonds. The first kappa shape index (κ1) is 12.5. The molecule has 0 fully saturated rings. The highest BCUT2D eigenvalue weighted by Gasteiger charge is 2.13. The number of aromatic carboxylic acids is 1. The van der Waals surface area contributed by atoms with E-state index in [2.05, 4.69) is 0 Å². The van der Waals surface area contributed by atoms with Gasteiger partial charge in [0.15, 0.2) is 0 Å². The second-order valence-corrected chi connectivity index (χ2v) is 3.85. The molecule has 0 radical (unpaired) electrons. The van der Waals surface area contributed by atoms with Crippen LogP contribution in [-0.4, -0.2) is 28.4 Å². The van der Waals surface area contributed by atoms with Crippen LogP contribution in [0.3, 0.4) is 0 Å². The summed E-state index contributed by atoms with van der Waals surface area (Å²) in [6.07, 6.45) is -0.976. The molecular formula is C12H16O4. The lowest BCUT2D eigenvalue weighted by Gasteiger charge is -2.18. The molecule has 16 heavy (non-hydrogen) atoms. The van der Waals surface area contributed by atoms with E-state index in [9.17, 15) is 9.90 Å². The number of aliphatic hydroxyl groups is 1. The van der Waals surface area contributed by atoms with E-state index in [4.69, 9.17) is 9.84 Å². The van der Waals surface area contributed by atoms with Crippen molar-refractivity contribution in [1.82, 2.24) is 0 Å². The Bertz CT molecular complexity index is 385. The number of ether oxygens (including phenoxy) is 1. The van der Waals surface area contributed by atoms with Gasteiger partial charge in [-0.05, 0) is 38.5 Å². The minimum Gasteiger partial charge on any atom is -0.488 e. The number of hydrogen-bond acceptors (Lipinski definition) is 3. The Morgan fingerprint density at radius 3 is 2.50 bits per heavy atom. The third-order valence-electron chi connectivity index (χ3n) is 2.43. The predicted molar refractivity (Wildman–Crippen MR) is 59.9 cm³/mol. The summed E-state index contributed by atoms with van der Waals surface area (Å²) in [5.74, 6) is -0.497. The van der Waals surface area contributed by atoms with E-state index in [1.165, 1.54) is 12.1 Å². The van der Waals surface area contributed by atoms with Crippen LogP contribution in [0.15, 0.2) is 18.2 Å². The Balaban J connectivity index is 2.94. The predicted octanol–water partition coefficient (Wildman–Crippen LogP) is 1.84. The van der Waals surface area contributed by atoms with Crippen LogP contribution < -0.4 is 4.74 Å². The zero-order valence-corrected chi connectivity index (χ0v) is 9.60. The minimum absolute atomic E-state index is 0.179. The quantitative estimate of drug-likeness (QED) is 0.819. The number of carboxylic acid groups (broad SMARTS) is 1. The van der Waals surface area contributed by atoms with Crippen LogP contribution in [0.2, 0.25) is 0 Å². The average Bonchev–Trinajstić information content (AvgIpc) is 2.20. The van der Waals surface area contributed by atoms with Crippen molar-refractivity contribution in [3.05, 3.63) is 29.3 Å². The Kier molecular flexibility index (Phi) is 3.90. The Morgan fingerprint density at radius 2 is 2.00 bits per heavy atom. The first-order valence-corrected chi connectivity index (χ1v) is 5.10. The molecule has 1 rings (SSSR count). The maximum absolute atomic E-state index is 10.8. The highest BCUT2D eigenvalue weighted by molar-refractivity contribution is 5.88. The fourth-order valence-electron chi connectivity index (χ4n) is 1.16. The number of aliphatic hydroxyl groups excluding tert-OH is 1. The molecule has 0 bridgehead atoms. The molecule has 4 nitrogen and oxygen atoms in total. The van der Waals surface area contributed by atoms with E-state index < -0.39 is 12.1 Å². The van der Waals surface area contributed by atoms with Crippen molar-refractivity contribution in [2.75, 3.05) is 0 Å². The lowest BCUT2D eigenvalue weighted by Crippen LogP contribution is -2.26. The van der Waals surface area contributed by atoms with E-state index >= 15 is 0 Å². The number of hydrogen-bond donors (Lipinski definition) is 2. The van der Waals surface area contributed by atoms with Crippen molar-refractivity contribution < 1.29 is 19.7 Å². The third-order valence-corrected chi connectivity index (χ3v) is 2.43. The number of rotatable bonds is 4. The lowest BCUT2D eigenvalue weighted by atomic mass is 10.1. The summed E-state index contributed by atoms with van der Waals surface area (Å²) >= 11 is 0. The SMILES string of the molecule is Cc1ccc(C(=O)O)cc1OC(C)C(C)O. The average molecular weight is 224 g/mol. The van der Waals surface area contributed by atoms with Crippen LogP contribution in [0.1, 0.15) is 29.8 Å². The molecule has 0 aliphatic heterocycles. The van der Waals surface area contributed by atoms with Crippen molar-refractivity contribution in [3.8, 4) is 5.75 Å². The maximum atomic E-state index is 10.8. The summed E-state index contributed by atoms with van der Waals surface area (Å²) in [4.78, 5) is 10.8. The molecule has 2 atom stereocenters. The number of carboxylic acids is 1. The summed E-state index contributed by atoms with van der Waals surface area (Å²) in [6, 6.07) is 4.68. The van der Waals surface area contributed by atoms with Crippen molar-refractivity contribution in [2.24, 2.45) is 0 Å². The molecule has 0 aliphatic rings. The van der Waals surface area contributed by atoms with E-state index in [-0.39, 0.29) is 11.7 Å². The van der Waals surface area contributed by atoms with E-state index in [1.54, 1.807) is 19.9 Å². The van der Waals surface area contributed by atoms with Crippen LogP contribution in [0.25, 0.3) is 0 Å². The van der Waals surface area contributed by atoms with Crippen molar-refractivity contribution in [1.29, 1.82) is 0 Å². The zero-order valence-electron chi connectivity index (χ0n) is 9.60. The Morgan fingerprint density at radius 1 is 1.38 bits per heavy atom. The number of benzene rings is 1. The molecule has 0 heterocycles. The summed E-state index contributed by atoms with van der Waals surface area (Å²) in [7, 11) is 0. The van der Waals surface area contributed by atoms with Gasteiger partial charge in [0, 0.05) is 0 Å². The Hall–Kier alpha value is -1.55. The summed E-state index contributed by atoms with van der Waals surface area (Å²) in [5, 5.41) is 18.1. The molecule has 0 spiro atoms. The number of aryl methyl sites for hydroxylation is 1. The van der Waals surface area contributed by atoms with Crippen LogP contribution >= 0.6 is 0 Å². The topological polar surface area (TPSA) is 66.8 Å². The van der Waals surface area contributed by atoms with Gasteiger partial charge in [-0.2, -0.15) is 0 Å². The zero-order chi connectivity index (χ0) is 12.3. The Labute approximate surface area is 94.5 Å². The molecule has 0 saturated heterocycles. The van der Waals surface area contributed by atoms with Gasteiger partial charge >= 0.3 is 5.97 Å². The van der Waals surface area contributed by atoms with E-state index in [1.807, 2.05) is 6.92 Å². The fourth-order valence-corrected chi connectivity index (χ4v) is 1.16. The lowest BCUT2D eigenvalue weighted by molar-refractivity contribution is 0.0596. The second kappa shape index (κ2) is 4.99. The smallest absolute Gasteiger partial charge is 0.335 e. The monoisotopic (exact) mass is 224 g/mol. The van der Waals surface area contributed by atoms with Crippen LogP contribution in [0, 0.1) is 6.92 Å². The van der Waals surface area contributed by atoms with Crippen molar-refractivity contribution in [2.45, 2.75) is 33.0 Å². The maximum Gasteiger partial charge on any atom is 0.335 e. The molecule has 0 aliphatic carbocycles. The molecule has 1 aromatic rings. The molecule has 4 heteroatoms. The van der Waals surface area contributed by atoms with Gasteiger partial charge in [-0.15, -0.1) is 0 Å². The molecule has 1 aromatic carbocycles. The van der Waals surface area contributed by atoms with Gasteiger partial charge in [0.25, 0.3) is 0 Å². The first-order valence-electron chi connectivity index (χ1n) is 5.10. The fraction of sp³-hybridized carbons (Fsp3) is 0.417. The van der Waals surface area contributed by atoms with Gasteiger partial charge in [-0.1, -0.05) is 6.07 Å². The van der Waals surface area contributed by atoms with E-state index in [0.29, 0.717) is 5.75 Å². The normalized spacial score (nSPS) is 14.2. The summed E-state index contributed by atoms with van der Waals surface area (Å²) in [5.41, 5.74) is 1.02. The van der Waals surface area contributed by atoms with Crippen molar-refractivity contribution in [3.63, 3.8) is 0 Å². The number of carbonyl (C=O) groups is 1. The van der Waals surface area contributed by atoms with Gasteiger partial charge in [-0.3, -0.25) is 0 Å². The van der Waals surface area contributed by atoms with Gasteiger partial charge in [0.1, 0.15) is 11.9 Å². The summed E-state index contributed by atoms with van der Waals surface area (Å²) < 4.78 is 5.48. The molecule has 2 unspecified atom stereocenters. The first-order chi connectivity index (χ1) is 7.41. The highest BCUT2D eigenvalue weighted by Crippen LogP contribution is 2.21. The van der Waals surface area contributed by atoms with Crippen LogP contribution in [0.5, 0.6) is 5.75 Å². The van der Waals surface area contributed by atoms with E-state index in [0.717, 1.165) is 5.56 Å². The van der Waals surface area contributed by atoms with Crippen LogP contribution in [0.4, 0.5) is 0 Å². The molecule has 0 saturated carbocycles. The molecule has 2 N–H and O–H groups in total. The van der Waals surface area contributed by atoms with Gasteiger partial charge in [0.05, 0.1) is 11.7 Å². The second-order valence-electron chi connectivity index (χ2n) is 3.85. The minimum atomic E-state index is -0.991. The van der Waals surface area contributed by atoms with Crippen molar-refractivity contribution >= 4 is 5.97 Å².